The van der Waals surface area contributed by atoms with Crippen LogP contribution in [0.25, 0.3) is 6.08 Å². The van der Waals surface area contributed by atoms with Gasteiger partial charge in [0.15, 0.2) is 10.7 Å². The molecule has 0 bridgehead atoms. The molecule has 1 N–H and O–H groups in total. The van der Waals surface area contributed by atoms with Gasteiger partial charge in [0.05, 0.1) is 0 Å². The van der Waals surface area contributed by atoms with Gasteiger partial charge < -0.3 is 14.7 Å². The molecule has 0 spiro atoms. The number of carbonyl (C=O) groups is 1. The van der Waals surface area contributed by atoms with Crippen LogP contribution in [-0.4, -0.2) is 62.9 Å². The molecule has 1 amide bonds. The molecule has 1 aromatic heterocycles. The molecule has 9 heteroatoms. The Hall–Kier alpha value is -1.87. The van der Waals surface area contributed by atoms with E-state index in [4.69, 9.17) is 4.52 Å². The first-order chi connectivity index (χ1) is 11.3. The van der Waals surface area contributed by atoms with Crippen LogP contribution in [0.15, 0.2) is 15.6 Å². The molecule has 1 fully saturated rings. The van der Waals surface area contributed by atoms with Crippen LogP contribution in [0.5, 0.6) is 0 Å². The van der Waals surface area contributed by atoms with Crippen molar-refractivity contribution in [3.8, 4) is 0 Å². The molecule has 1 aliphatic heterocycles. The Labute approximate surface area is 142 Å². The summed E-state index contributed by atoms with van der Waals surface area (Å²) in [7, 11) is 1.55. The van der Waals surface area contributed by atoms with Crippen LogP contribution >= 0.6 is 0 Å². The molecule has 1 aromatic rings. The smallest absolute Gasteiger partial charge is 0.248 e. The highest BCUT2D eigenvalue weighted by Gasteiger charge is 2.35. The van der Waals surface area contributed by atoms with Crippen molar-refractivity contribution in [2.75, 3.05) is 34.2 Å². The normalized spacial score (nSPS) is 17.3. The van der Waals surface area contributed by atoms with Crippen LogP contribution < -0.4 is 5.32 Å². The molecule has 1 saturated heterocycles. The molecule has 0 unspecified atom stereocenters. The van der Waals surface area contributed by atoms with E-state index >= 15 is 0 Å². The number of hydrogen-bond acceptors (Lipinski definition) is 6. The molecule has 1 aliphatic rings. The summed E-state index contributed by atoms with van der Waals surface area (Å²) in [5, 5.41) is 6.41. The van der Waals surface area contributed by atoms with Gasteiger partial charge in [-0.15, -0.1) is 0 Å². The minimum absolute atomic E-state index is 0.0391. The third-order valence-corrected chi connectivity index (χ3v) is 6.08. The quantitative estimate of drug-likeness (QED) is 0.833. The van der Waals surface area contributed by atoms with Gasteiger partial charge in [0.2, 0.25) is 15.9 Å². The van der Waals surface area contributed by atoms with Gasteiger partial charge in [0.25, 0.3) is 0 Å². The second-order valence-corrected chi connectivity index (χ2v) is 7.91. The Balaban J connectivity index is 2.23. The predicted octanol–water partition coefficient (Wildman–Crippen LogP) is 0.662. The molecule has 0 saturated carbocycles. The first-order valence-electron chi connectivity index (χ1n) is 7.80. The van der Waals surface area contributed by atoms with E-state index in [1.807, 2.05) is 14.1 Å². The molecule has 2 heterocycles. The van der Waals surface area contributed by atoms with Crippen molar-refractivity contribution in [2.24, 2.45) is 5.92 Å². The molecular formula is C15H24N4O4S. The summed E-state index contributed by atoms with van der Waals surface area (Å²) in [5.74, 6) is 0.0376. The van der Waals surface area contributed by atoms with Crippen LogP contribution in [0, 0.1) is 12.8 Å². The Morgan fingerprint density at radius 2 is 2.00 bits per heavy atom. The van der Waals surface area contributed by atoms with Crippen molar-refractivity contribution in [3.63, 3.8) is 0 Å². The minimum Gasteiger partial charge on any atom is -0.383 e. The Kier molecular flexibility index (Phi) is 5.66. The summed E-state index contributed by atoms with van der Waals surface area (Å²) in [6.07, 6.45) is 4.30. The number of amides is 1. The van der Waals surface area contributed by atoms with Crippen molar-refractivity contribution >= 4 is 22.0 Å². The maximum atomic E-state index is 13.0. The number of sulfonamides is 1. The molecule has 0 aromatic carbocycles. The highest BCUT2D eigenvalue weighted by molar-refractivity contribution is 7.89. The summed E-state index contributed by atoms with van der Waals surface area (Å²) in [4.78, 5) is 13.6. The average molecular weight is 356 g/mol. The van der Waals surface area contributed by atoms with Crippen molar-refractivity contribution in [3.05, 3.63) is 17.7 Å². The second kappa shape index (κ2) is 7.35. The van der Waals surface area contributed by atoms with E-state index in [1.54, 1.807) is 31.1 Å². The Bertz CT molecular complexity index is 716. The van der Waals surface area contributed by atoms with Crippen LogP contribution in [-0.2, 0) is 14.8 Å². The van der Waals surface area contributed by atoms with E-state index in [9.17, 15) is 13.2 Å². The number of carbonyl (C=O) groups excluding carboxylic acids is 1. The van der Waals surface area contributed by atoms with E-state index in [0.717, 1.165) is 0 Å². The van der Waals surface area contributed by atoms with Crippen LogP contribution in [0.3, 0.4) is 0 Å². The second-order valence-electron chi connectivity index (χ2n) is 6.03. The molecule has 0 radical (unpaired) electrons. The number of piperidine rings is 1. The summed E-state index contributed by atoms with van der Waals surface area (Å²) in [6.45, 7) is 2.23. The standard InChI is InChI=1S/C15H24N4O4S/c1-11-14(13(23-17-11)7-8-18(3)4)24(21,22)19-9-5-12(6-10-19)15(20)16-2/h7-8,12H,5-6,9-10H2,1-4H3,(H,16,20)/b8-7+. The maximum absolute atomic E-state index is 13.0. The lowest BCUT2D eigenvalue weighted by Crippen LogP contribution is -2.42. The first kappa shape index (κ1) is 18.5. The van der Waals surface area contributed by atoms with Crippen molar-refractivity contribution in [1.82, 2.24) is 19.7 Å². The zero-order chi connectivity index (χ0) is 17.9. The molecule has 8 nitrogen and oxygen atoms in total. The Morgan fingerprint density at radius 3 is 2.54 bits per heavy atom. The third kappa shape index (κ3) is 3.78. The van der Waals surface area contributed by atoms with Gasteiger partial charge in [-0.05, 0) is 19.8 Å². The zero-order valence-corrected chi connectivity index (χ0v) is 15.3. The number of aromatic nitrogens is 1. The summed E-state index contributed by atoms with van der Waals surface area (Å²) >= 11 is 0. The lowest BCUT2D eigenvalue weighted by Gasteiger charge is -2.30. The number of aryl methyl sites for hydroxylation is 1. The van der Waals surface area contributed by atoms with Gasteiger partial charge in [-0.3, -0.25) is 4.79 Å². The minimum atomic E-state index is -3.71. The Morgan fingerprint density at radius 1 is 1.38 bits per heavy atom. The highest BCUT2D eigenvalue weighted by Crippen LogP contribution is 2.28. The molecular weight excluding hydrogens is 332 g/mol. The molecule has 24 heavy (non-hydrogen) atoms. The van der Waals surface area contributed by atoms with Gasteiger partial charge in [0, 0.05) is 52.4 Å². The first-order valence-corrected chi connectivity index (χ1v) is 9.24. The van der Waals surface area contributed by atoms with Crippen LogP contribution in [0.2, 0.25) is 0 Å². The SMILES string of the molecule is CNC(=O)C1CCN(S(=O)(=O)c2c(C)noc2/C=C/N(C)C)CC1. The molecule has 2 rings (SSSR count). The zero-order valence-electron chi connectivity index (χ0n) is 14.4. The van der Waals surface area contributed by atoms with Crippen molar-refractivity contribution in [2.45, 2.75) is 24.7 Å². The highest BCUT2D eigenvalue weighted by atomic mass is 32.2. The van der Waals surface area contributed by atoms with Crippen molar-refractivity contribution < 1.29 is 17.7 Å². The monoisotopic (exact) mass is 356 g/mol. The van der Waals surface area contributed by atoms with Gasteiger partial charge in [-0.1, -0.05) is 5.16 Å². The maximum Gasteiger partial charge on any atom is 0.248 e. The number of hydrogen-bond donors (Lipinski definition) is 1. The van der Waals surface area contributed by atoms with Crippen LogP contribution in [0.1, 0.15) is 24.3 Å². The van der Waals surface area contributed by atoms with Gasteiger partial charge in [-0.25, -0.2) is 8.42 Å². The van der Waals surface area contributed by atoms with Crippen LogP contribution in [0.4, 0.5) is 0 Å². The predicted molar refractivity (Wildman–Crippen MR) is 89.5 cm³/mol. The van der Waals surface area contributed by atoms with E-state index in [-0.39, 0.29) is 22.5 Å². The van der Waals surface area contributed by atoms with Gasteiger partial charge in [0.1, 0.15) is 5.69 Å². The fraction of sp³-hybridized carbons (Fsp3) is 0.600. The summed E-state index contributed by atoms with van der Waals surface area (Å²) < 4.78 is 32.5. The molecule has 134 valence electrons. The number of nitrogens with one attached hydrogen (secondary N) is 1. The fourth-order valence-electron chi connectivity index (χ4n) is 2.71. The summed E-state index contributed by atoms with van der Waals surface area (Å²) in [6, 6.07) is 0. The number of nitrogens with zero attached hydrogens (tertiary/aromatic N) is 3. The molecule has 0 aliphatic carbocycles. The van der Waals surface area contributed by atoms with Gasteiger partial charge in [-0.2, -0.15) is 4.31 Å². The van der Waals surface area contributed by atoms with E-state index in [2.05, 4.69) is 10.5 Å². The lowest BCUT2D eigenvalue weighted by molar-refractivity contribution is -0.125. The third-order valence-electron chi connectivity index (χ3n) is 4.03. The average Bonchev–Trinajstić information content (AvgIpc) is 2.93. The molecule has 0 atom stereocenters. The topological polar surface area (TPSA) is 95.8 Å². The van der Waals surface area contributed by atoms with E-state index in [0.29, 0.717) is 31.6 Å². The van der Waals surface area contributed by atoms with Gasteiger partial charge >= 0.3 is 0 Å². The van der Waals surface area contributed by atoms with Crippen molar-refractivity contribution in [1.29, 1.82) is 0 Å². The van der Waals surface area contributed by atoms with E-state index in [1.165, 1.54) is 4.31 Å². The largest absolute Gasteiger partial charge is 0.383 e. The fourth-order valence-corrected chi connectivity index (χ4v) is 4.43. The summed E-state index contributed by atoms with van der Waals surface area (Å²) in [5.41, 5.74) is 0.335. The lowest BCUT2D eigenvalue weighted by atomic mass is 9.97. The van der Waals surface area contributed by atoms with E-state index < -0.39 is 10.0 Å². The number of rotatable bonds is 5.